The van der Waals surface area contributed by atoms with Crippen LogP contribution >= 0.6 is 0 Å². The second kappa shape index (κ2) is 14.0. The largest absolute Gasteiger partial charge is 0.309 e. The van der Waals surface area contributed by atoms with Crippen molar-refractivity contribution in [3.05, 3.63) is 231 Å². The average molecular weight is 823 g/mol. The van der Waals surface area contributed by atoms with Crippen LogP contribution < -0.4 is 0 Å². The molecule has 0 amide bonds. The highest BCUT2D eigenvalue weighted by Crippen LogP contribution is 2.43. The Morgan fingerprint density at radius 2 is 0.769 bits per heavy atom. The molecule has 2 heteroatoms. The van der Waals surface area contributed by atoms with Crippen LogP contribution in [0.15, 0.2) is 231 Å². The van der Waals surface area contributed by atoms with Crippen LogP contribution in [-0.2, 0) is 0 Å². The molecule has 0 saturated heterocycles. The van der Waals surface area contributed by atoms with Gasteiger partial charge in [-0.3, -0.25) is 0 Å². The fraction of sp³-hybridized carbons (Fsp3) is 0. The van der Waals surface area contributed by atoms with Gasteiger partial charge in [-0.1, -0.05) is 182 Å². The molecule has 14 aromatic rings. The summed E-state index contributed by atoms with van der Waals surface area (Å²) in [5.41, 5.74) is 12.1. The highest BCUT2D eigenvalue weighted by Gasteiger charge is 2.19. The van der Waals surface area contributed by atoms with E-state index in [0.717, 1.165) is 50.5 Å². The molecule has 0 spiro atoms. The van der Waals surface area contributed by atoms with Gasteiger partial charge in [-0.05, 0) is 135 Å². The maximum absolute atomic E-state index is 5.68. The minimum Gasteiger partial charge on any atom is -0.309 e. The number of fused-ring (bicyclic) bond motifs is 9. The summed E-state index contributed by atoms with van der Waals surface area (Å²) in [6.07, 6.45) is 0. The second-order valence-electron chi connectivity index (χ2n) is 17.5. The van der Waals surface area contributed by atoms with Gasteiger partial charge in [0, 0.05) is 27.6 Å². The molecule has 0 aliphatic heterocycles. The Kier molecular flexibility index (Phi) is 7.72. The number of benzene rings is 12. The Hall–Kier alpha value is -8.59. The molecule has 2 heterocycles. The zero-order chi connectivity index (χ0) is 42.6. The first-order chi connectivity index (χ1) is 32.2. The summed E-state index contributed by atoms with van der Waals surface area (Å²) in [6, 6.07) is 84.8. The summed E-state index contributed by atoms with van der Waals surface area (Å²) in [5, 5.41) is 17.6. The van der Waals surface area contributed by atoms with Gasteiger partial charge >= 0.3 is 0 Å². The molecule has 300 valence electrons. The van der Waals surface area contributed by atoms with Crippen molar-refractivity contribution in [1.82, 2.24) is 9.55 Å². The minimum atomic E-state index is 0.924. The maximum Gasteiger partial charge on any atom is 0.0721 e. The molecule has 65 heavy (non-hydrogen) atoms. The van der Waals surface area contributed by atoms with Crippen molar-refractivity contribution in [1.29, 1.82) is 0 Å². The fourth-order valence-electron chi connectivity index (χ4n) is 10.9. The molecule has 14 rings (SSSR count). The summed E-state index contributed by atoms with van der Waals surface area (Å²) in [7, 11) is 0. The number of pyridine rings is 1. The summed E-state index contributed by atoms with van der Waals surface area (Å²) < 4.78 is 2.44. The van der Waals surface area contributed by atoms with Gasteiger partial charge in [-0.15, -0.1) is 0 Å². The molecule has 2 nitrogen and oxygen atoms in total. The molecule has 0 N–H and O–H groups in total. The lowest BCUT2D eigenvalue weighted by Gasteiger charge is -2.17. The van der Waals surface area contributed by atoms with Crippen LogP contribution in [0.2, 0.25) is 0 Å². The number of para-hydroxylation sites is 2. The SMILES string of the molecule is c1ccc(-c2cc(-c3cc(-c4ccc5c6ccccc6c6ccccc6c5c4)cc(-n4c5ccccc5c5ccccc54)c3)nc(-c3ccc4ccc5cccc6ccc3c4c56)c2)cc1. The van der Waals surface area contributed by atoms with Gasteiger partial charge in [0.05, 0.1) is 22.4 Å². The minimum absolute atomic E-state index is 0.924. The van der Waals surface area contributed by atoms with Gasteiger partial charge in [-0.25, -0.2) is 4.98 Å². The van der Waals surface area contributed by atoms with E-state index in [4.69, 9.17) is 4.98 Å². The van der Waals surface area contributed by atoms with E-state index in [1.54, 1.807) is 0 Å². The normalized spacial score (nSPS) is 12.0. The van der Waals surface area contributed by atoms with Crippen LogP contribution in [0.3, 0.4) is 0 Å². The Morgan fingerprint density at radius 3 is 1.46 bits per heavy atom. The van der Waals surface area contributed by atoms with Gasteiger partial charge in [0.1, 0.15) is 0 Å². The monoisotopic (exact) mass is 822 g/mol. The molecule has 0 aliphatic rings. The molecular formula is C63H38N2. The third kappa shape index (κ3) is 5.51. The first-order valence-electron chi connectivity index (χ1n) is 22.4. The highest BCUT2D eigenvalue weighted by atomic mass is 15.0. The van der Waals surface area contributed by atoms with E-state index in [9.17, 15) is 0 Å². The van der Waals surface area contributed by atoms with Crippen molar-refractivity contribution in [2.45, 2.75) is 0 Å². The van der Waals surface area contributed by atoms with Crippen molar-refractivity contribution in [2.24, 2.45) is 0 Å². The molecule has 0 saturated carbocycles. The lowest BCUT2D eigenvalue weighted by molar-refractivity contribution is 1.18. The van der Waals surface area contributed by atoms with Crippen molar-refractivity contribution in [3.8, 4) is 50.5 Å². The van der Waals surface area contributed by atoms with Crippen LogP contribution in [-0.4, -0.2) is 9.55 Å². The first kappa shape index (κ1) is 35.9. The van der Waals surface area contributed by atoms with E-state index in [-0.39, 0.29) is 0 Å². The molecule has 0 radical (unpaired) electrons. The second-order valence-corrected chi connectivity index (χ2v) is 17.5. The van der Waals surface area contributed by atoms with Gasteiger partial charge < -0.3 is 4.57 Å². The van der Waals surface area contributed by atoms with Gasteiger partial charge in [0.25, 0.3) is 0 Å². The molecule has 2 aromatic heterocycles. The molecule has 12 aromatic carbocycles. The van der Waals surface area contributed by atoms with Crippen molar-refractivity contribution in [3.63, 3.8) is 0 Å². The van der Waals surface area contributed by atoms with Crippen LogP contribution in [0.25, 0.3) is 137 Å². The van der Waals surface area contributed by atoms with Crippen molar-refractivity contribution in [2.75, 3.05) is 0 Å². The van der Waals surface area contributed by atoms with Crippen molar-refractivity contribution >= 4 is 86.4 Å². The van der Waals surface area contributed by atoms with Crippen molar-refractivity contribution < 1.29 is 0 Å². The average Bonchev–Trinajstić information content (AvgIpc) is 3.72. The van der Waals surface area contributed by atoms with Gasteiger partial charge in [0.15, 0.2) is 0 Å². The van der Waals surface area contributed by atoms with E-state index in [1.165, 1.54) is 86.4 Å². The van der Waals surface area contributed by atoms with E-state index < -0.39 is 0 Å². The highest BCUT2D eigenvalue weighted by molar-refractivity contribution is 6.27. The number of hydrogen-bond donors (Lipinski definition) is 0. The molecule has 0 atom stereocenters. The van der Waals surface area contributed by atoms with Crippen LogP contribution in [0.5, 0.6) is 0 Å². The predicted octanol–water partition coefficient (Wildman–Crippen LogP) is 17.2. The van der Waals surface area contributed by atoms with Gasteiger partial charge in [0.2, 0.25) is 0 Å². The van der Waals surface area contributed by atoms with E-state index >= 15 is 0 Å². The number of hydrogen-bond acceptors (Lipinski definition) is 1. The Labute approximate surface area is 375 Å². The smallest absolute Gasteiger partial charge is 0.0721 e. The summed E-state index contributed by atoms with van der Waals surface area (Å²) in [6.45, 7) is 0. The summed E-state index contributed by atoms with van der Waals surface area (Å²) in [4.78, 5) is 5.68. The third-order valence-corrected chi connectivity index (χ3v) is 13.9. The van der Waals surface area contributed by atoms with Crippen LogP contribution in [0.1, 0.15) is 0 Å². The lowest BCUT2D eigenvalue weighted by Crippen LogP contribution is -1.98. The van der Waals surface area contributed by atoms with E-state index in [1.807, 2.05) is 0 Å². The molecule has 0 fully saturated rings. The topological polar surface area (TPSA) is 17.8 Å². The molecular weight excluding hydrogens is 785 g/mol. The summed E-state index contributed by atoms with van der Waals surface area (Å²) in [5.74, 6) is 0. The van der Waals surface area contributed by atoms with E-state index in [2.05, 4.69) is 235 Å². The summed E-state index contributed by atoms with van der Waals surface area (Å²) >= 11 is 0. The van der Waals surface area contributed by atoms with E-state index in [0.29, 0.717) is 0 Å². The standard InChI is InChI=1S/C63H38N2/c1-2-13-39(14-3-1)45-37-58(64-59(38-45)53-31-27-42-26-25-40-15-12-16-41-28-32-56(53)63(42)62(40)41)46-33-44(34-47(35-46)65-60-23-10-8-21-54(60)55-22-9-11-24-61(55)65)43-29-30-52-50-19-5-4-17-48(50)49-18-6-7-20-51(49)57(52)36-43/h1-38H. The van der Waals surface area contributed by atoms with Crippen LogP contribution in [0, 0.1) is 0 Å². The van der Waals surface area contributed by atoms with Gasteiger partial charge in [-0.2, -0.15) is 0 Å². The zero-order valence-electron chi connectivity index (χ0n) is 35.3. The maximum atomic E-state index is 5.68. The zero-order valence-corrected chi connectivity index (χ0v) is 35.3. The Morgan fingerprint density at radius 1 is 0.262 bits per heavy atom. The Bertz CT molecular complexity index is 4130. The lowest BCUT2D eigenvalue weighted by atomic mass is 9.90. The number of rotatable bonds is 5. The molecule has 0 bridgehead atoms. The third-order valence-electron chi connectivity index (χ3n) is 13.9. The number of aromatic nitrogens is 2. The first-order valence-corrected chi connectivity index (χ1v) is 22.4. The Balaban J connectivity index is 1.06. The predicted molar refractivity (Wildman–Crippen MR) is 277 cm³/mol. The fourth-order valence-corrected chi connectivity index (χ4v) is 10.9. The molecule has 0 unspecified atom stereocenters. The molecule has 0 aliphatic carbocycles. The van der Waals surface area contributed by atoms with Crippen LogP contribution in [0.4, 0.5) is 0 Å². The quantitative estimate of drug-likeness (QED) is 0.158. The number of nitrogens with zero attached hydrogens (tertiary/aromatic N) is 2.